The number of nitrogens with zero attached hydrogens (tertiary/aromatic N) is 3. The van der Waals surface area contributed by atoms with Crippen molar-refractivity contribution in [2.75, 3.05) is 25.1 Å². The van der Waals surface area contributed by atoms with E-state index >= 15 is 0 Å². The molecule has 2 heterocycles. The second-order valence-electron chi connectivity index (χ2n) is 5.81. The van der Waals surface area contributed by atoms with Crippen LogP contribution in [0.2, 0.25) is 5.02 Å². The van der Waals surface area contributed by atoms with E-state index in [1.54, 1.807) is 20.4 Å². The number of aromatic nitrogens is 2. The van der Waals surface area contributed by atoms with Crippen LogP contribution in [0.1, 0.15) is 24.3 Å². The van der Waals surface area contributed by atoms with Gasteiger partial charge in [-0.05, 0) is 36.5 Å². The quantitative estimate of drug-likeness (QED) is 0.866. The first-order chi connectivity index (χ1) is 11.1. The number of hydrogen-bond acceptors (Lipinski definition) is 4. The van der Waals surface area contributed by atoms with E-state index in [0.717, 1.165) is 37.4 Å². The molecule has 5 nitrogen and oxygen atoms in total. The van der Waals surface area contributed by atoms with Gasteiger partial charge in [0.25, 0.3) is 5.56 Å². The molecule has 1 aromatic heterocycles. The molecule has 1 saturated heterocycles. The zero-order valence-corrected chi connectivity index (χ0v) is 14.1. The summed E-state index contributed by atoms with van der Waals surface area (Å²) in [4.78, 5) is 14.1. The summed E-state index contributed by atoms with van der Waals surface area (Å²) < 4.78 is 6.56. The first-order valence-corrected chi connectivity index (χ1v) is 8.08. The number of anilines is 1. The lowest BCUT2D eigenvalue weighted by atomic mass is 9.89. The number of hydrogen-bond donors (Lipinski definition) is 0. The maximum Gasteiger partial charge on any atom is 0.287 e. The average Bonchev–Trinajstić information content (AvgIpc) is 2.60. The van der Waals surface area contributed by atoms with Crippen LogP contribution in [-0.4, -0.2) is 30.0 Å². The maximum atomic E-state index is 11.9. The Morgan fingerprint density at radius 2 is 2.04 bits per heavy atom. The molecule has 0 aliphatic carbocycles. The van der Waals surface area contributed by atoms with Gasteiger partial charge < -0.3 is 9.64 Å². The number of methoxy groups -OCH3 is 1. The Labute approximate surface area is 140 Å². The molecule has 122 valence electrons. The van der Waals surface area contributed by atoms with Crippen molar-refractivity contribution >= 4 is 17.3 Å². The SMILES string of the molecule is COc1cccc(C2CCN(c3cnn(C)c(=O)c3Cl)CC2)c1. The fraction of sp³-hybridized carbons (Fsp3) is 0.412. The Balaban J connectivity index is 1.73. The molecule has 0 unspecified atom stereocenters. The lowest BCUT2D eigenvalue weighted by molar-refractivity contribution is 0.412. The minimum Gasteiger partial charge on any atom is -0.497 e. The van der Waals surface area contributed by atoms with Gasteiger partial charge in [-0.2, -0.15) is 5.10 Å². The van der Waals surface area contributed by atoms with E-state index in [0.29, 0.717) is 5.92 Å². The van der Waals surface area contributed by atoms with E-state index in [2.05, 4.69) is 22.1 Å². The number of benzene rings is 1. The van der Waals surface area contributed by atoms with Crippen molar-refractivity contribution in [3.05, 3.63) is 51.4 Å². The van der Waals surface area contributed by atoms with Crippen molar-refractivity contribution in [1.82, 2.24) is 9.78 Å². The molecule has 0 amide bonds. The Morgan fingerprint density at radius 1 is 1.30 bits per heavy atom. The van der Waals surface area contributed by atoms with Crippen molar-refractivity contribution in [1.29, 1.82) is 0 Å². The fourth-order valence-electron chi connectivity index (χ4n) is 3.07. The summed E-state index contributed by atoms with van der Waals surface area (Å²) in [6.45, 7) is 1.72. The lowest BCUT2D eigenvalue weighted by Gasteiger charge is -2.34. The van der Waals surface area contributed by atoms with Crippen molar-refractivity contribution in [2.45, 2.75) is 18.8 Å². The van der Waals surface area contributed by atoms with Gasteiger partial charge in [0.1, 0.15) is 10.8 Å². The molecule has 0 N–H and O–H groups in total. The Hall–Kier alpha value is -2.01. The van der Waals surface area contributed by atoms with E-state index in [9.17, 15) is 4.79 Å². The largest absolute Gasteiger partial charge is 0.497 e. The topological polar surface area (TPSA) is 47.4 Å². The van der Waals surface area contributed by atoms with Crippen molar-refractivity contribution in [3.8, 4) is 5.75 Å². The second kappa shape index (κ2) is 6.62. The number of rotatable bonds is 3. The highest BCUT2D eigenvalue weighted by Gasteiger charge is 2.23. The van der Waals surface area contributed by atoms with E-state index in [4.69, 9.17) is 16.3 Å². The highest BCUT2D eigenvalue weighted by Crippen LogP contribution is 2.33. The fourth-order valence-corrected chi connectivity index (χ4v) is 3.36. The molecule has 0 saturated carbocycles. The van der Waals surface area contributed by atoms with Gasteiger partial charge in [-0.15, -0.1) is 0 Å². The van der Waals surface area contributed by atoms with Gasteiger partial charge in [-0.3, -0.25) is 4.79 Å². The van der Waals surface area contributed by atoms with Crippen LogP contribution in [0.25, 0.3) is 0 Å². The van der Waals surface area contributed by atoms with Gasteiger partial charge in [0.2, 0.25) is 0 Å². The van der Waals surface area contributed by atoms with Crippen molar-refractivity contribution in [3.63, 3.8) is 0 Å². The summed E-state index contributed by atoms with van der Waals surface area (Å²) in [6.07, 6.45) is 3.70. The third-order valence-electron chi connectivity index (χ3n) is 4.46. The highest BCUT2D eigenvalue weighted by molar-refractivity contribution is 6.33. The summed E-state index contributed by atoms with van der Waals surface area (Å²) in [5, 5.41) is 4.33. The molecule has 1 aliphatic heterocycles. The summed E-state index contributed by atoms with van der Waals surface area (Å²) in [5.41, 5.74) is 1.79. The first-order valence-electron chi connectivity index (χ1n) is 7.71. The van der Waals surface area contributed by atoms with E-state index in [1.807, 2.05) is 12.1 Å². The normalized spacial score (nSPS) is 15.7. The van der Waals surface area contributed by atoms with Crippen molar-refractivity contribution in [2.24, 2.45) is 7.05 Å². The third kappa shape index (κ3) is 3.20. The highest BCUT2D eigenvalue weighted by atomic mass is 35.5. The Kier molecular flexibility index (Phi) is 4.57. The molecular formula is C17H20ClN3O2. The van der Waals surface area contributed by atoms with Crippen molar-refractivity contribution < 1.29 is 4.74 Å². The molecule has 6 heteroatoms. The van der Waals surface area contributed by atoms with Crippen LogP contribution in [0.15, 0.2) is 35.3 Å². The number of piperidine rings is 1. The van der Waals surface area contributed by atoms with Crippen LogP contribution in [0.4, 0.5) is 5.69 Å². The molecule has 1 fully saturated rings. The van der Waals surface area contributed by atoms with E-state index < -0.39 is 0 Å². The second-order valence-corrected chi connectivity index (χ2v) is 6.19. The van der Waals surface area contributed by atoms with Gasteiger partial charge in [0, 0.05) is 20.1 Å². The number of halogens is 1. The summed E-state index contributed by atoms with van der Waals surface area (Å²) in [7, 11) is 3.29. The molecule has 0 radical (unpaired) electrons. The number of aryl methyl sites for hydroxylation is 1. The molecule has 0 atom stereocenters. The third-order valence-corrected chi connectivity index (χ3v) is 4.82. The van der Waals surface area contributed by atoms with Crippen LogP contribution in [0.3, 0.4) is 0 Å². The molecule has 0 spiro atoms. The minimum absolute atomic E-state index is 0.251. The molecule has 23 heavy (non-hydrogen) atoms. The molecular weight excluding hydrogens is 314 g/mol. The Bertz CT molecular complexity index is 752. The van der Waals surface area contributed by atoms with Crippen LogP contribution >= 0.6 is 11.6 Å². The Morgan fingerprint density at radius 3 is 2.74 bits per heavy atom. The summed E-state index contributed by atoms with van der Waals surface area (Å²) in [6, 6.07) is 8.24. The molecule has 2 aromatic rings. The monoisotopic (exact) mass is 333 g/mol. The maximum absolute atomic E-state index is 11.9. The van der Waals surface area contributed by atoms with Crippen LogP contribution in [0.5, 0.6) is 5.75 Å². The van der Waals surface area contributed by atoms with Gasteiger partial charge in [-0.1, -0.05) is 23.7 Å². The van der Waals surface area contributed by atoms with Gasteiger partial charge in [-0.25, -0.2) is 4.68 Å². The van der Waals surface area contributed by atoms with Gasteiger partial charge in [0.15, 0.2) is 0 Å². The average molecular weight is 334 g/mol. The minimum atomic E-state index is -0.251. The van der Waals surface area contributed by atoms with E-state index in [-0.39, 0.29) is 10.6 Å². The lowest BCUT2D eigenvalue weighted by Crippen LogP contribution is -2.35. The smallest absolute Gasteiger partial charge is 0.287 e. The van der Waals surface area contributed by atoms with Gasteiger partial charge in [0.05, 0.1) is 19.0 Å². The predicted octanol–water partition coefficient (Wildman–Crippen LogP) is 2.83. The molecule has 0 bridgehead atoms. The van der Waals surface area contributed by atoms with Crippen LogP contribution < -0.4 is 15.2 Å². The summed E-state index contributed by atoms with van der Waals surface area (Å²) >= 11 is 6.19. The van der Waals surface area contributed by atoms with Crippen LogP contribution in [-0.2, 0) is 7.05 Å². The zero-order chi connectivity index (χ0) is 16.4. The van der Waals surface area contributed by atoms with Gasteiger partial charge >= 0.3 is 0 Å². The standard InChI is InChI=1S/C17H20ClN3O2/c1-20-17(22)16(18)15(11-19-20)21-8-6-12(7-9-21)13-4-3-5-14(10-13)23-2/h3-5,10-12H,6-9H2,1-2H3. The predicted molar refractivity (Wildman–Crippen MR) is 91.7 cm³/mol. The molecule has 1 aromatic carbocycles. The van der Waals surface area contributed by atoms with E-state index in [1.165, 1.54) is 10.2 Å². The molecule has 3 rings (SSSR count). The first kappa shape index (κ1) is 15.9. The number of ether oxygens (including phenoxy) is 1. The van der Waals surface area contributed by atoms with Crippen LogP contribution in [0, 0.1) is 0 Å². The zero-order valence-electron chi connectivity index (χ0n) is 13.3. The molecule has 1 aliphatic rings. The summed E-state index contributed by atoms with van der Waals surface area (Å²) in [5.74, 6) is 1.39.